The van der Waals surface area contributed by atoms with Gasteiger partial charge in [0.15, 0.2) is 4.77 Å². The van der Waals surface area contributed by atoms with Crippen molar-refractivity contribution < 1.29 is 14.0 Å². The van der Waals surface area contributed by atoms with Crippen LogP contribution in [0.3, 0.4) is 0 Å². The van der Waals surface area contributed by atoms with Crippen LogP contribution >= 0.6 is 12.2 Å². The molecule has 2 aromatic carbocycles. The van der Waals surface area contributed by atoms with Crippen LogP contribution < -0.4 is 10.9 Å². The number of aromatic amines is 1. The van der Waals surface area contributed by atoms with Gasteiger partial charge in [-0.25, -0.2) is 8.96 Å². The Morgan fingerprint density at radius 1 is 1.23 bits per heavy atom. The van der Waals surface area contributed by atoms with Crippen LogP contribution in [0.1, 0.15) is 30.1 Å². The molecule has 2 amide bonds. The van der Waals surface area contributed by atoms with Crippen molar-refractivity contribution in [3.8, 4) is 5.69 Å². The number of amides is 2. The van der Waals surface area contributed by atoms with E-state index < -0.39 is 11.4 Å². The van der Waals surface area contributed by atoms with Crippen LogP contribution in [0.4, 0.5) is 4.39 Å². The first-order chi connectivity index (χ1) is 14.8. The second-order valence-electron chi connectivity index (χ2n) is 7.57. The number of halogens is 1. The highest BCUT2D eigenvalue weighted by molar-refractivity contribution is 7.71. The summed E-state index contributed by atoms with van der Waals surface area (Å²) in [6, 6.07) is 10.5. The van der Waals surface area contributed by atoms with Crippen molar-refractivity contribution in [1.29, 1.82) is 0 Å². The van der Waals surface area contributed by atoms with E-state index in [4.69, 9.17) is 12.2 Å². The fraction of sp³-hybridized carbons (Fsp3) is 0.273. The molecule has 1 aliphatic rings. The molecular formula is C22H21FN4O3S. The van der Waals surface area contributed by atoms with Crippen molar-refractivity contribution in [2.75, 3.05) is 13.1 Å². The molecule has 0 radical (unpaired) electrons. The molecule has 1 fully saturated rings. The Kier molecular flexibility index (Phi) is 5.69. The summed E-state index contributed by atoms with van der Waals surface area (Å²) >= 11 is 5.30. The largest absolute Gasteiger partial charge is 0.352 e. The first-order valence-corrected chi connectivity index (χ1v) is 10.4. The van der Waals surface area contributed by atoms with E-state index in [1.807, 2.05) is 0 Å². The zero-order valence-electron chi connectivity index (χ0n) is 16.9. The maximum Gasteiger partial charge on any atom is 0.266 e. The molecule has 1 aliphatic heterocycles. The minimum Gasteiger partial charge on any atom is -0.352 e. The maximum atomic E-state index is 14.2. The third kappa shape index (κ3) is 4.13. The normalized spacial score (nSPS) is 16.3. The van der Waals surface area contributed by atoms with Crippen LogP contribution in [0.25, 0.3) is 16.6 Å². The number of piperidine rings is 1. The Labute approximate surface area is 182 Å². The van der Waals surface area contributed by atoms with E-state index in [2.05, 4.69) is 10.3 Å². The third-order valence-electron chi connectivity index (χ3n) is 5.35. The summed E-state index contributed by atoms with van der Waals surface area (Å²) in [6.07, 6.45) is 1.61. The Morgan fingerprint density at radius 2 is 2.00 bits per heavy atom. The van der Waals surface area contributed by atoms with Gasteiger partial charge in [-0.15, -0.1) is 0 Å². The third-order valence-corrected chi connectivity index (χ3v) is 5.64. The molecule has 1 saturated heterocycles. The minimum absolute atomic E-state index is 0.0379. The molecule has 0 saturated carbocycles. The summed E-state index contributed by atoms with van der Waals surface area (Å²) in [6.45, 7) is 2.49. The Morgan fingerprint density at radius 3 is 2.74 bits per heavy atom. The molecule has 1 atom stereocenters. The number of carbonyl (C=O) groups excluding carboxylic acids is 2. The van der Waals surface area contributed by atoms with Gasteiger partial charge in [-0.2, -0.15) is 0 Å². The zero-order valence-corrected chi connectivity index (χ0v) is 17.7. The summed E-state index contributed by atoms with van der Waals surface area (Å²) in [4.78, 5) is 42.0. The van der Waals surface area contributed by atoms with Gasteiger partial charge in [0.2, 0.25) is 5.91 Å². The number of hydrogen-bond donors (Lipinski definition) is 2. The Bertz CT molecular complexity index is 1300. The molecule has 0 bridgehead atoms. The van der Waals surface area contributed by atoms with Crippen LogP contribution in [0.5, 0.6) is 0 Å². The van der Waals surface area contributed by atoms with E-state index in [1.165, 1.54) is 25.1 Å². The van der Waals surface area contributed by atoms with Crippen LogP contribution in [0.2, 0.25) is 0 Å². The van der Waals surface area contributed by atoms with Gasteiger partial charge in [0.1, 0.15) is 5.82 Å². The lowest BCUT2D eigenvalue weighted by Crippen LogP contribution is -2.49. The molecule has 2 N–H and O–H groups in total. The minimum atomic E-state index is -0.561. The SMILES string of the molecule is CC(=O)NC1CCCN(C(=O)c2ccc3c(=O)n(-c4ccccc4F)c(=S)[nH]c3c2)C1. The lowest BCUT2D eigenvalue weighted by molar-refractivity contribution is -0.120. The monoisotopic (exact) mass is 440 g/mol. The second-order valence-corrected chi connectivity index (χ2v) is 7.96. The standard InChI is InChI=1S/C22H21FN4O3S/c1-13(28)24-15-5-4-10-26(12-15)20(29)14-8-9-16-18(11-14)25-22(31)27(21(16)30)19-7-3-2-6-17(19)23/h2-3,6-9,11,15H,4-5,10,12H2,1H3,(H,24,28)(H,25,31). The highest BCUT2D eigenvalue weighted by Crippen LogP contribution is 2.18. The molecule has 3 aromatic rings. The highest BCUT2D eigenvalue weighted by Gasteiger charge is 2.25. The molecule has 2 heterocycles. The van der Waals surface area contributed by atoms with E-state index in [0.717, 1.165) is 17.4 Å². The van der Waals surface area contributed by atoms with Crippen LogP contribution in [0.15, 0.2) is 47.3 Å². The topological polar surface area (TPSA) is 87.2 Å². The predicted octanol–water partition coefficient (Wildman–Crippen LogP) is 2.93. The highest BCUT2D eigenvalue weighted by atomic mass is 32.1. The number of fused-ring (bicyclic) bond motifs is 1. The number of para-hydroxylation sites is 1. The molecule has 31 heavy (non-hydrogen) atoms. The molecule has 4 rings (SSSR count). The average Bonchev–Trinajstić information content (AvgIpc) is 2.74. The van der Waals surface area contributed by atoms with Gasteiger partial charge >= 0.3 is 0 Å². The van der Waals surface area contributed by atoms with Crippen LogP contribution in [-0.2, 0) is 4.79 Å². The number of nitrogens with zero attached hydrogens (tertiary/aromatic N) is 2. The first-order valence-electron chi connectivity index (χ1n) is 9.95. The summed E-state index contributed by atoms with van der Waals surface area (Å²) in [7, 11) is 0. The lowest BCUT2D eigenvalue weighted by atomic mass is 10.0. The zero-order chi connectivity index (χ0) is 22.1. The summed E-state index contributed by atoms with van der Waals surface area (Å²) in [5, 5.41) is 3.16. The molecule has 1 aromatic heterocycles. The van der Waals surface area contributed by atoms with Gasteiger partial charge in [-0.05, 0) is 55.4 Å². The predicted molar refractivity (Wildman–Crippen MR) is 117 cm³/mol. The van der Waals surface area contributed by atoms with E-state index in [-0.39, 0.29) is 28.3 Å². The number of rotatable bonds is 3. The number of nitrogens with one attached hydrogen (secondary N) is 2. The van der Waals surface area contributed by atoms with Gasteiger partial charge in [0, 0.05) is 31.6 Å². The summed E-state index contributed by atoms with van der Waals surface area (Å²) in [5.41, 5.74) is 0.410. The number of carbonyl (C=O) groups is 2. The average molecular weight is 441 g/mol. The first kappa shape index (κ1) is 20.9. The van der Waals surface area contributed by atoms with Crippen molar-refractivity contribution in [2.45, 2.75) is 25.8 Å². The van der Waals surface area contributed by atoms with E-state index in [0.29, 0.717) is 29.6 Å². The van der Waals surface area contributed by atoms with E-state index >= 15 is 0 Å². The van der Waals surface area contributed by atoms with Gasteiger partial charge < -0.3 is 15.2 Å². The molecule has 9 heteroatoms. The lowest BCUT2D eigenvalue weighted by Gasteiger charge is -2.33. The van der Waals surface area contributed by atoms with Crippen molar-refractivity contribution in [1.82, 2.24) is 19.8 Å². The number of likely N-dealkylation sites (tertiary alicyclic amines) is 1. The van der Waals surface area contributed by atoms with Gasteiger partial charge in [0.25, 0.3) is 11.5 Å². The fourth-order valence-electron chi connectivity index (χ4n) is 3.95. The van der Waals surface area contributed by atoms with Crippen molar-refractivity contribution in [3.63, 3.8) is 0 Å². The van der Waals surface area contributed by atoms with Gasteiger partial charge in [-0.3, -0.25) is 14.4 Å². The molecule has 7 nitrogen and oxygen atoms in total. The summed E-state index contributed by atoms with van der Waals surface area (Å²) < 4.78 is 15.4. The van der Waals surface area contributed by atoms with Crippen molar-refractivity contribution in [2.24, 2.45) is 0 Å². The fourth-order valence-corrected chi connectivity index (χ4v) is 4.24. The quantitative estimate of drug-likeness (QED) is 0.613. The second kappa shape index (κ2) is 8.43. The number of hydrogen-bond acceptors (Lipinski definition) is 4. The number of aromatic nitrogens is 2. The Balaban J connectivity index is 1.69. The molecule has 0 aliphatic carbocycles. The molecule has 1 unspecified atom stereocenters. The van der Waals surface area contributed by atoms with Gasteiger partial charge in [0.05, 0.1) is 16.6 Å². The molecule has 0 spiro atoms. The van der Waals surface area contributed by atoms with E-state index in [9.17, 15) is 18.8 Å². The molecule has 160 valence electrons. The van der Waals surface area contributed by atoms with Crippen molar-refractivity contribution in [3.05, 3.63) is 69.0 Å². The van der Waals surface area contributed by atoms with E-state index in [1.54, 1.807) is 29.2 Å². The van der Waals surface area contributed by atoms with Crippen LogP contribution in [0, 0.1) is 10.6 Å². The molecular weight excluding hydrogens is 419 g/mol. The Hall–Kier alpha value is -3.33. The van der Waals surface area contributed by atoms with Crippen molar-refractivity contribution >= 4 is 34.9 Å². The number of H-pyrrole nitrogens is 1. The summed E-state index contributed by atoms with van der Waals surface area (Å²) in [5.74, 6) is -0.868. The maximum absolute atomic E-state index is 14.2. The van der Waals surface area contributed by atoms with Crippen LogP contribution in [-0.4, -0.2) is 45.4 Å². The smallest absolute Gasteiger partial charge is 0.266 e. The van der Waals surface area contributed by atoms with Gasteiger partial charge in [-0.1, -0.05) is 12.1 Å². The number of benzene rings is 2.